The normalized spacial score (nSPS) is 13.6. The van der Waals surface area contributed by atoms with Crippen LogP contribution in [0.2, 0.25) is 0 Å². The molecule has 0 aliphatic carbocycles. The van der Waals surface area contributed by atoms with Gasteiger partial charge in [0.05, 0.1) is 0 Å². The zero-order chi connectivity index (χ0) is 10.1. The molecule has 0 fully saturated rings. The Morgan fingerprint density at radius 2 is 2.15 bits per heavy atom. The van der Waals surface area contributed by atoms with Gasteiger partial charge in [0.25, 0.3) is 0 Å². The van der Waals surface area contributed by atoms with Gasteiger partial charge in [-0.2, -0.15) is 0 Å². The third-order valence-corrected chi connectivity index (χ3v) is 2.24. The first-order chi connectivity index (χ1) is 6.24. The van der Waals surface area contributed by atoms with Crippen molar-refractivity contribution in [3.05, 3.63) is 0 Å². The first-order valence-electron chi connectivity index (χ1n) is 5.15. The zero-order valence-corrected chi connectivity index (χ0v) is 9.25. The van der Waals surface area contributed by atoms with Crippen LogP contribution in [0, 0.1) is 5.92 Å². The Hall–Kier alpha value is -0.120. The predicted octanol–water partition coefficient (Wildman–Crippen LogP) is 0.940. The summed E-state index contributed by atoms with van der Waals surface area (Å²) in [6.07, 6.45) is 1.11. The molecular weight excluding hydrogens is 164 g/mol. The number of hydrogen-bond acceptors (Lipinski definition) is 3. The van der Waals surface area contributed by atoms with Gasteiger partial charge >= 0.3 is 0 Å². The Kier molecular flexibility index (Phi) is 8.40. The molecule has 80 valence electrons. The summed E-state index contributed by atoms with van der Waals surface area (Å²) in [5, 5.41) is 0. The summed E-state index contributed by atoms with van der Waals surface area (Å²) in [5.74, 6) is 0.600. The van der Waals surface area contributed by atoms with Gasteiger partial charge < -0.3 is 15.4 Å². The van der Waals surface area contributed by atoms with E-state index in [-0.39, 0.29) is 0 Å². The van der Waals surface area contributed by atoms with E-state index in [4.69, 9.17) is 10.5 Å². The second-order valence-electron chi connectivity index (χ2n) is 3.58. The number of nitrogens with two attached hydrogens (primary N) is 1. The monoisotopic (exact) mass is 188 g/mol. The van der Waals surface area contributed by atoms with Gasteiger partial charge in [-0.25, -0.2) is 0 Å². The van der Waals surface area contributed by atoms with Crippen molar-refractivity contribution >= 4 is 0 Å². The maximum atomic E-state index is 5.58. The van der Waals surface area contributed by atoms with Crippen molar-refractivity contribution in [1.29, 1.82) is 0 Å². The van der Waals surface area contributed by atoms with Gasteiger partial charge in [0.15, 0.2) is 0 Å². The van der Waals surface area contributed by atoms with Crippen LogP contribution in [-0.2, 0) is 4.74 Å². The SMILES string of the molecule is CCN(CCCOC)CC(C)CN. The number of ether oxygens (including phenoxy) is 1. The van der Waals surface area contributed by atoms with E-state index in [1.165, 1.54) is 0 Å². The highest BCUT2D eigenvalue weighted by atomic mass is 16.5. The highest BCUT2D eigenvalue weighted by Gasteiger charge is 2.06. The smallest absolute Gasteiger partial charge is 0.0474 e. The minimum Gasteiger partial charge on any atom is -0.385 e. The van der Waals surface area contributed by atoms with E-state index in [1.54, 1.807) is 7.11 Å². The van der Waals surface area contributed by atoms with Crippen molar-refractivity contribution in [3.63, 3.8) is 0 Å². The molecule has 3 heteroatoms. The molecule has 0 aromatic carbocycles. The quantitative estimate of drug-likeness (QED) is 0.576. The van der Waals surface area contributed by atoms with Crippen LogP contribution in [0.5, 0.6) is 0 Å². The predicted molar refractivity (Wildman–Crippen MR) is 56.8 cm³/mol. The molecule has 1 unspecified atom stereocenters. The average molecular weight is 188 g/mol. The molecule has 0 rings (SSSR count). The molecule has 0 aromatic rings. The van der Waals surface area contributed by atoms with E-state index < -0.39 is 0 Å². The first kappa shape index (κ1) is 12.9. The van der Waals surface area contributed by atoms with Gasteiger partial charge in [-0.3, -0.25) is 0 Å². The molecular formula is C10H24N2O. The van der Waals surface area contributed by atoms with Crippen LogP contribution in [0.4, 0.5) is 0 Å². The van der Waals surface area contributed by atoms with Crippen LogP contribution >= 0.6 is 0 Å². The zero-order valence-electron chi connectivity index (χ0n) is 9.25. The van der Waals surface area contributed by atoms with Gasteiger partial charge in [-0.05, 0) is 25.4 Å². The molecule has 1 atom stereocenters. The van der Waals surface area contributed by atoms with Crippen LogP contribution in [0.25, 0.3) is 0 Å². The molecule has 13 heavy (non-hydrogen) atoms. The average Bonchev–Trinajstić information content (AvgIpc) is 2.16. The number of methoxy groups -OCH3 is 1. The van der Waals surface area contributed by atoms with Gasteiger partial charge in [-0.15, -0.1) is 0 Å². The lowest BCUT2D eigenvalue weighted by Crippen LogP contribution is -2.32. The van der Waals surface area contributed by atoms with Crippen LogP contribution in [0.1, 0.15) is 20.3 Å². The summed E-state index contributed by atoms with van der Waals surface area (Å²) in [5.41, 5.74) is 5.58. The Bertz CT molecular complexity index is 109. The minimum atomic E-state index is 0.600. The highest BCUT2D eigenvalue weighted by Crippen LogP contribution is 1.99. The third-order valence-electron chi connectivity index (χ3n) is 2.24. The summed E-state index contributed by atoms with van der Waals surface area (Å²) in [6.45, 7) is 9.35. The molecule has 2 N–H and O–H groups in total. The third kappa shape index (κ3) is 6.99. The lowest BCUT2D eigenvalue weighted by atomic mass is 10.1. The van der Waals surface area contributed by atoms with Crippen molar-refractivity contribution < 1.29 is 4.74 Å². The first-order valence-corrected chi connectivity index (χ1v) is 5.15. The van der Waals surface area contributed by atoms with Crippen LogP contribution in [0.3, 0.4) is 0 Å². The van der Waals surface area contributed by atoms with Crippen molar-refractivity contribution in [1.82, 2.24) is 4.90 Å². The van der Waals surface area contributed by atoms with Crippen LogP contribution < -0.4 is 5.73 Å². The lowest BCUT2D eigenvalue weighted by Gasteiger charge is -2.23. The summed E-state index contributed by atoms with van der Waals surface area (Å²) in [6, 6.07) is 0. The molecule has 0 heterocycles. The molecule has 0 bridgehead atoms. The summed E-state index contributed by atoms with van der Waals surface area (Å²) >= 11 is 0. The topological polar surface area (TPSA) is 38.5 Å². The molecule has 0 amide bonds. The Morgan fingerprint density at radius 1 is 1.46 bits per heavy atom. The van der Waals surface area contributed by atoms with E-state index >= 15 is 0 Å². The summed E-state index contributed by atoms with van der Waals surface area (Å²) in [4.78, 5) is 2.43. The fourth-order valence-corrected chi connectivity index (χ4v) is 1.33. The Balaban J connectivity index is 3.50. The molecule has 0 saturated heterocycles. The molecule has 0 radical (unpaired) electrons. The van der Waals surface area contributed by atoms with Gasteiger partial charge in [0.2, 0.25) is 0 Å². The van der Waals surface area contributed by atoms with Crippen LogP contribution in [-0.4, -0.2) is 44.8 Å². The van der Waals surface area contributed by atoms with E-state index in [9.17, 15) is 0 Å². The van der Waals surface area contributed by atoms with Crippen LogP contribution in [0.15, 0.2) is 0 Å². The number of hydrogen-bond donors (Lipinski definition) is 1. The largest absolute Gasteiger partial charge is 0.385 e. The Morgan fingerprint density at radius 3 is 2.62 bits per heavy atom. The molecule has 0 aliphatic rings. The maximum Gasteiger partial charge on any atom is 0.0474 e. The second kappa shape index (κ2) is 8.48. The fourth-order valence-electron chi connectivity index (χ4n) is 1.33. The molecule has 0 saturated carbocycles. The van der Waals surface area contributed by atoms with Gasteiger partial charge in [0, 0.05) is 26.8 Å². The molecule has 0 aromatic heterocycles. The van der Waals surface area contributed by atoms with Gasteiger partial charge in [-0.1, -0.05) is 13.8 Å². The summed E-state index contributed by atoms with van der Waals surface area (Å²) in [7, 11) is 1.75. The molecule has 3 nitrogen and oxygen atoms in total. The fraction of sp³-hybridized carbons (Fsp3) is 1.00. The van der Waals surface area contributed by atoms with E-state index in [0.29, 0.717) is 5.92 Å². The highest BCUT2D eigenvalue weighted by molar-refractivity contribution is 4.61. The number of nitrogens with zero attached hydrogens (tertiary/aromatic N) is 1. The Labute approximate surface area is 82.2 Å². The van der Waals surface area contributed by atoms with E-state index in [0.717, 1.165) is 39.2 Å². The maximum absolute atomic E-state index is 5.58. The van der Waals surface area contributed by atoms with E-state index in [2.05, 4.69) is 18.7 Å². The van der Waals surface area contributed by atoms with Crippen molar-refractivity contribution in [3.8, 4) is 0 Å². The minimum absolute atomic E-state index is 0.600. The van der Waals surface area contributed by atoms with Crippen molar-refractivity contribution in [2.45, 2.75) is 20.3 Å². The second-order valence-corrected chi connectivity index (χ2v) is 3.58. The molecule has 0 aliphatic heterocycles. The van der Waals surface area contributed by atoms with Crippen molar-refractivity contribution in [2.75, 3.05) is 39.9 Å². The number of rotatable bonds is 8. The van der Waals surface area contributed by atoms with Gasteiger partial charge in [0.1, 0.15) is 0 Å². The van der Waals surface area contributed by atoms with Crippen molar-refractivity contribution in [2.24, 2.45) is 11.7 Å². The van der Waals surface area contributed by atoms with E-state index in [1.807, 2.05) is 0 Å². The standard InChI is InChI=1S/C10H24N2O/c1-4-12(6-5-7-13-3)9-10(2)8-11/h10H,4-9,11H2,1-3H3. The lowest BCUT2D eigenvalue weighted by molar-refractivity contribution is 0.168. The summed E-state index contributed by atoms with van der Waals surface area (Å²) < 4.78 is 5.02. The molecule has 0 spiro atoms.